The Morgan fingerprint density at radius 1 is 1.32 bits per heavy atom. The van der Waals surface area contributed by atoms with E-state index in [2.05, 4.69) is 0 Å². The van der Waals surface area contributed by atoms with Crippen molar-refractivity contribution in [3.8, 4) is 0 Å². The molecular weight excluding hydrogens is 284 g/mol. The SMILES string of the molecule is CC(=O)OCC=C(C)CC1C=C(CCC=C(C)C=O)C(=O)O1. The molecule has 0 aliphatic carbocycles. The van der Waals surface area contributed by atoms with E-state index in [1.54, 1.807) is 19.1 Å². The van der Waals surface area contributed by atoms with E-state index >= 15 is 0 Å². The molecule has 0 N–H and O–H groups in total. The van der Waals surface area contributed by atoms with Crippen molar-refractivity contribution in [3.63, 3.8) is 0 Å². The zero-order valence-corrected chi connectivity index (χ0v) is 13.3. The van der Waals surface area contributed by atoms with Gasteiger partial charge in [-0.1, -0.05) is 11.6 Å². The Labute approximate surface area is 130 Å². The van der Waals surface area contributed by atoms with Gasteiger partial charge in [0.25, 0.3) is 0 Å². The van der Waals surface area contributed by atoms with Crippen LogP contribution in [0.4, 0.5) is 0 Å². The Bertz CT molecular complexity index is 525. The highest BCUT2D eigenvalue weighted by Crippen LogP contribution is 2.23. The summed E-state index contributed by atoms with van der Waals surface area (Å²) in [5, 5.41) is 0. The average Bonchev–Trinajstić information content (AvgIpc) is 2.78. The van der Waals surface area contributed by atoms with E-state index < -0.39 is 0 Å². The smallest absolute Gasteiger partial charge is 0.334 e. The molecule has 1 unspecified atom stereocenters. The molecule has 1 heterocycles. The molecule has 0 fully saturated rings. The summed E-state index contributed by atoms with van der Waals surface area (Å²) in [6.07, 6.45) is 7.75. The van der Waals surface area contributed by atoms with Gasteiger partial charge in [0.2, 0.25) is 0 Å². The fourth-order valence-corrected chi connectivity index (χ4v) is 2.03. The third-order valence-corrected chi connectivity index (χ3v) is 3.22. The first-order valence-corrected chi connectivity index (χ1v) is 7.25. The van der Waals surface area contributed by atoms with E-state index in [-0.39, 0.29) is 24.6 Å². The lowest BCUT2D eigenvalue weighted by Crippen LogP contribution is -2.09. The van der Waals surface area contributed by atoms with Crippen molar-refractivity contribution in [1.29, 1.82) is 0 Å². The summed E-state index contributed by atoms with van der Waals surface area (Å²) in [7, 11) is 0. The molecule has 0 bridgehead atoms. The van der Waals surface area contributed by atoms with Crippen LogP contribution >= 0.6 is 0 Å². The van der Waals surface area contributed by atoms with Crippen LogP contribution in [0.2, 0.25) is 0 Å². The topological polar surface area (TPSA) is 69.7 Å². The van der Waals surface area contributed by atoms with Gasteiger partial charge in [-0.2, -0.15) is 0 Å². The molecule has 0 saturated heterocycles. The van der Waals surface area contributed by atoms with E-state index in [1.165, 1.54) is 6.92 Å². The highest BCUT2D eigenvalue weighted by molar-refractivity contribution is 5.90. The van der Waals surface area contributed by atoms with Gasteiger partial charge < -0.3 is 9.47 Å². The number of ether oxygens (including phenoxy) is 2. The number of aldehydes is 1. The lowest BCUT2D eigenvalue weighted by Gasteiger charge is -2.08. The summed E-state index contributed by atoms with van der Waals surface area (Å²) < 4.78 is 10.1. The molecule has 1 atom stereocenters. The van der Waals surface area contributed by atoms with E-state index in [1.807, 2.05) is 13.0 Å². The summed E-state index contributed by atoms with van der Waals surface area (Å²) in [4.78, 5) is 32.9. The molecule has 5 nitrogen and oxygen atoms in total. The Balaban J connectivity index is 2.48. The van der Waals surface area contributed by atoms with Gasteiger partial charge in [0.15, 0.2) is 0 Å². The van der Waals surface area contributed by atoms with Gasteiger partial charge in [-0.25, -0.2) is 4.79 Å². The second-order valence-corrected chi connectivity index (χ2v) is 5.30. The highest BCUT2D eigenvalue weighted by Gasteiger charge is 2.24. The van der Waals surface area contributed by atoms with Crippen molar-refractivity contribution in [1.82, 2.24) is 0 Å². The Morgan fingerprint density at radius 3 is 2.68 bits per heavy atom. The van der Waals surface area contributed by atoms with Gasteiger partial charge in [-0.15, -0.1) is 0 Å². The number of carbonyl (C=O) groups excluding carboxylic acids is 3. The predicted molar refractivity (Wildman–Crippen MR) is 82.0 cm³/mol. The molecule has 1 rings (SSSR count). The minimum absolute atomic E-state index is 0.230. The molecule has 1 aliphatic rings. The molecule has 0 spiro atoms. The zero-order valence-electron chi connectivity index (χ0n) is 13.3. The van der Waals surface area contributed by atoms with Crippen LogP contribution in [0, 0.1) is 0 Å². The lowest BCUT2D eigenvalue weighted by molar-refractivity contribution is -0.140. The first-order chi connectivity index (χ1) is 10.4. The Hall–Kier alpha value is -2.17. The molecule has 120 valence electrons. The number of cyclic esters (lactones) is 1. The maximum Gasteiger partial charge on any atom is 0.334 e. The lowest BCUT2D eigenvalue weighted by atomic mass is 10.1. The number of rotatable bonds is 8. The van der Waals surface area contributed by atoms with Crippen LogP contribution in [0.3, 0.4) is 0 Å². The van der Waals surface area contributed by atoms with E-state index in [0.29, 0.717) is 30.4 Å². The number of hydrogen-bond donors (Lipinski definition) is 0. The Kier molecular flexibility index (Phi) is 7.29. The van der Waals surface area contributed by atoms with Gasteiger partial charge >= 0.3 is 11.9 Å². The summed E-state index contributed by atoms with van der Waals surface area (Å²) >= 11 is 0. The van der Waals surface area contributed by atoms with Crippen LogP contribution in [0.15, 0.2) is 34.9 Å². The van der Waals surface area contributed by atoms with Gasteiger partial charge in [0, 0.05) is 18.9 Å². The van der Waals surface area contributed by atoms with E-state index in [4.69, 9.17) is 9.47 Å². The van der Waals surface area contributed by atoms with Crippen molar-refractivity contribution < 1.29 is 23.9 Å². The number of esters is 2. The van der Waals surface area contributed by atoms with Crippen molar-refractivity contribution >= 4 is 18.2 Å². The average molecular weight is 306 g/mol. The van der Waals surface area contributed by atoms with E-state index in [9.17, 15) is 14.4 Å². The summed E-state index contributed by atoms with van der Waals surface area (Å²) in [5.41, 5.74) is 2.30. The van der Waals surface area contributed by atoms with Crippen LogP contribution in [0.5, 0.6) is 0 Å². The fraction of sp³-hybridized carbons (Fsp3) is 0.471. The third-order valence-electron chi connectivity index (χ3n) is 3.22. The molecule has 0 aromatic rings. The summed E-state index contributed by atoms with van der Waals surface area (Å²) in [6, 6.07) is 0. The number of hydrogen-bond acceptors (Lipinski definition) is 5. The molecule has 0 amide bonds. The predicted octanol–water partition coefficient (Wildman–Crippen LogP) is 2.66. The molecule has 0 radical (unpaired) electrons. The zero-order chi connectivity index (χ0) is 16.5. The van der Waals surface area contributed by atoms with Crippen LogP contribution in [0.1, 0.15) is 40.0 Å². The summed E-state index contributed by atoms with van der Waals surface area (Å²) in [6.45, 7) is 5.22. The number of carbonyl (C=O) groups is 3. The molecule has 5 heteroatoms. The molecule has 1 aliphatic heterocycles. The monoisotopic (exact) mass is 306 g/mol. The molecular formula is C17H22O5. The second-order valence-electron chi connectivity index (χ2n) is 5.30. The van der Waals surface area contributed by atoms with Crippen molar-refractivity contribution in [2.45, 2.75) is 46.1 Å². The minimum atomic E-state index is -0.322. The maximum absolute atomic E-state index is 11.7. The van der Waals surface area contributed by atoms with Gasteiger partial charge in [-0.3, -0.25) is 9.59 Å². The van der Waals surface area contributed by atoms with Crippen molar-refractivity contribution in [3.05, 3.63) is 34.9 Å². The van der Waals surface area contributed by atoms with Crippen LogP contribution < -0.4 is 0 Å². The quantitative estimate of drug-likeness (QED) is 0.298. The molecule has 0 aromatic heterocycles. The van der Waals surface area contributed by atoms with Crippen molar-refractivity contribution in [2.75, 3.05) is 6.61 Å². The standard InChI is InChI=1S/C17H22O5/c1-12(7-8-21-14(3)19)9-16-10-15(17(20)22-16)6-4-5-13(2)11-18/h5,7,10-11,16H,4,6,8-9H2,1-3H3. The van der Waals surface area contributed by atoms with Gasteiger partial charge in [-0.05, 0) is 44.4 Å². The van der Waals surface area contributed by atoms with Gasteiger partial charge in [0.05, 0.1) is 0 Å². The summed E-state index contributed by atoms with van der Waals surface area (Å²) in [5.74, 6) is -0.618. The number of allylic oxidation sites excluding steroid dienone is 2. The molecule has 22 heavy (non-hydrogen) atoms. The Morgan fingerprint density at radius 2 is 2.05 bits per heavy atom. The maximum atomic E-state index is 11.7. The van der Waals surface area contributed by atoms with Crippen LogP contribution in [-0.2, 0) is 23.9 Å². The van der Waals surface area contributed by atoms with Crippen LogP contribution in [-0.4, -0.2) is 30.9 Å². The molecule has 0 aromatic carbocycles. The van der Waals surface area contributed by atoms with Crippen molar-refractivity contribution in [2.24, 2.45) is 0 Å². The van der Waals surface area contributed by atoms with E-state index in [0.717, 1.165) is 11.9 Å². The third kappa shape index (κ3) is 6.52. The first kappa shape index (κ1) is 17.9. The minimum Gasteiger partial charge on any atom is -0.462 e. The van der Waals surface area contributed by atoms with Gasteiger partial charge in [0.1, 0.15) is 19.0 Å². The highest BCUT2D eigenvalue weighted by atomic mass is 16.5. The van der Waals surface area contributed by atoms with Crippen LogP contribution in [0.25, 0.3) is 0 Å². The fourth-order valence-electron chi connectivity index (χ4n) is 2.03. The normalized spacial score (nSPS) is 18.8. The molecule has 0 saturated carbocycles. The first-order valence-electron chi connectivity index (χ1n) is 7.25. The largest absolute Gasteiger partial charge is 0.462 e. The second kappa shape index (κ2) is 8.97.